The predicted octanol–water partition coefficient (Wildman–Crippen LogP) is 3.56. The van der Waals surface area contributed by atoms with E-state index < -0.39 is 69.5 Å². The van der Waals surface area contributed by atoms with E-state index >= 15 is 0 Å². The Hall–Kier alpha value is -2.72. The molecule has 122 valence electrons. The lowest BCUT2D eigenvalue weighted by atomic mass is 10.0. The highest BCUT2D eigenvalue weighted by atomic mass is 19.2. The molecule has 0 unspecified atom stereocenters. The first-order valence-corrected chi connectivity index (χ1v) is 5.39. The van der Waals surface area contributed by atoms with Gasteiger partial charge in [0.2, 0.25) is 11.6 Å². The maximum absolute atomic E-state index is 13.6. The zero-order valence-corrected chi connectivity index (χ0v) is 10.3. The molecule has 0 aliphatic heterocycles. The summed E-state index contributed by atoms with van der Waals surface area (Å²) in [7, 11) is 0. The second-order valence-electron chi connectivity index (χ2n) is 4.00. The molecular weight excluding hydrogens is 342 g/mol. The van der Waals surface area contributed by atoms with Crippen LogP contribution < -0.4 is 0 Å². The van der Waals surface area contributed by atoms with E-state index in [1.807, 2.05) is 0 Å². The third-order valence-corrected chi connectivity index (χ3v) is 2.70. The fourth-order valence-electron chi connectivity index (χ4n) is 1.70. The summed E-state index contributed by atoms with van der Waals surface area (Å²) in [4.78, 5) is 13.3. The number of aromatic carboxylic acids is 1. The van der Waals surface area contributed by atoms with Gasteiger partial charge in [-0.2, -0.15) is 8.78 Å². The van der Waals surface area contributed by atoms with Crippen molar-refractivity contribution in [2.24, 2.45) is 0 Å². The van der Waals surface area contributed by atoms with Crippen LogP contribution in [-0.2, 0) is 0 Å². The number of hydrogen-bond acceptors (Lipinski definition) is 2. The number of hydrogen-bond donors (Lipinski definition) is 1. The average Bonchev–Trinajstić information content (AvgIpc) is 2.48. The standard InChI is InChI=1S/C12HF8NO2/c13-3-1(4(14)7(17)8(18)6(3)16)10-2(12(22)23)5(15)9(19)11(20)21-10/h(H,22,23). The fraction of sp³-hybridized carbons (Fsp3) is 0. The molecule has 0 atom stereocenters. The summed E-state index contributed by atoms with van der Waals surface area (Å²) in [5.41, 5.74) is -5.69. The van der Waals surface area contributed by atoms with Gasteiger partial charge in [-0.3, -0.25) is 0 Å². The van der Waals surface area contributed by atoms with Crippen LogP contribution in [0.3, 0.4) is 0 Å². The van der Waals surface area contributed by atoms with Gasteiger partial charge in [0.15, 0.2) is 29.1 Å². The first-order valence-electron chi connectivity index (χ1n) is 5.39. The van der Waals surface area contributed by atoms with Crippen LogP contribution in [-0.4, -0.2) is 16.1 Å². The Labute approximate surface area is 120 Å². The Bertz CT molecular complexity index is 823. The Morgan fingerprint density at radius 2 is 1.13 bits per heavy atom. The molecule has 0 aliphatic rings. The molecule has 1 N–H and O–H groups in total. The number of benzene rings is 1. The quantitative estimate of drug-likeness (QED) is 0.393. The lowest BCUT2D eigenvalue weighted by Crippen LogP contribution is -2.13. The summed E-state index contributed by atoms with van der Waals surface area (Å²) in [6.07, 6.45) is 0. The Morgan fingerprint density at radius 3 is 1.57 bits per heavy atom. The molecule has 0 saturated heterocycles. The molecule has 1 aromatic carbocycles. The molecule has 1 aromatic heterocycles. The second-order valence-corrected chi connectivity index (χ2v) is 4.00. The number of carboxylic acid groups (broad SMARTS) is 1. The van der Waals surface area contributed by atoms with Crippen LogP contribution in [0.2, 0.25) is 0 Å². The molecule has 3 nitrogen and oxygen atoms in total. The summed E-state index contributed by atoms with van der Waals surface area (Å²) in [5, 5.41) is 8.72. The minimum absolute atomic E-state index is 1.79. The highest BCUT2D eigenvalue weighted by Gasteiger charge is 2.33. The van der Waals surface area contributed by atoms with Crippen molar-refractivity contribution in [1.82, 2.24) is 4.98 Å². The molecule has 11 heteroatoms. The molecule has 0 spiro atoms. The van der Waals surface area contributed by atoms with Gasteiger partial charge in [0.25, 0.3) is 5.95 Å². The van der Waals surface area contributed by atoms with E-state index in [9.17, 15) is 39.9 Å². The minimum Gasteiger partial charge on any atom is -0.478 e. The summed E-state index contributed by atoms with van der Waals surface area (Å²) in [6.45, 7) is 0. The number of nitrogens with zero attached hydrogens (tertiary/aromatic N) is 1. The van der Waals surface area contributed by atoms with E-state index in [1.54, 1.807) is 0 Å². The lowest BCUT2D eigenvalue weighted by molar-refractivity contribution is 0.0690. The van der Waals surface area contributed by atoms with Gasteiger partial charge >= 0.3 is 5.97 Å². The van der Waals surface area contributed by atoms with Gasteiger partial charge in [-0.1, -0.05) is 0 Å². The van der Waals surface area contributed by atoms with Crippen LogP contribution in [0.5, 0.6) is 0 Å². The SMILES string of the molecule is O=C(O)c1c(-c2c(F)c(F)c(F)c(F)c2F)nc(F)c(F)c1F. The van der Waals surface area contributed by atoms with Gasteiger partial charge in [0.05, 0.1) is 11.3 Å². The van der Waals surface area contributed by atoms with Crippen molar-refractivity contribution in [3.8, 4) is 11.3 Å². The van der Waals surface area contributed by atoms with Crippen molar-refractivity contribution < 1.29 is 45.0 Å². The van der Waals surface area contributed by atoms with Crippen LogP contribution in [0, 0.1) is 46.7 Å². The molecule has 2 aromatic rings. The fourth-order valence-corrected chi connectivity index (χ4v) is 1.70. The molecule has 0 amide bonds. The van der Waals surface area contributed by atoms with Gasteiger partial charge in [0, 0.05) is 0 Å². The molecule has 2 rings (SSSR count). The van der Waals surface area contributed by atoms with E-state index in [2.05, 4.69) is 4.98 Å². The maximum atomic E-state index is 13.6. The highest BCUT2D eigenvalue weighted by Crippen LogP contribution is 2.34. The van der Waals surface area contributed by atoms with Crippen LogP contribution in [0.1, 0.15) is 10.4 Å². The summed E-state index contributed by atoms with van der Waals surface area (Å²) >= 11 is 0. The summed E-state index contributed by atoms with van der Waals surface area (Å²) in [6, 6.07) is 0. The first kappa shape index (κ1) is 16.6. The number of rotatable bonds is 2. The predicted molar refractivity (Wildman–Crippen MR) is 56.3 cm³/mol. The number of halogens is 8. The van der Waals surface area contributed by atoms with Crippen LogP contribution in [0.4, 0.5) is 35.1 Å². The minimum atomic E-state index is -2.58. The van der Waals surface area contributed by atoms with Crippen molar-refractivity contribution >= 4 is 5.97 Å². The van der Waals surface area contributed by atoms with Gasteiger partial charge in [-0.15, -0.1) is 0 Å². The van der Waals surface area contributed by atoms with Crippen LogP contribution in [0.25, 0.3) is 11.3 Å². The third-order valence-electron chi connectivity index (χ3n) is 2.70. The molecule has 0 fully saturated rings. The monoisotopic (exact) mass is 343 g/mol. The zero-order chi connectivity index (χ0) is 17.6. The molecule has 23 heavy (non-hydrogen) atoms. The Balaban J connectivity index is 3.02. The molecule has 1 heterocycles. The first-order chi connectivity index (χ1) is 10.6. The number of aromatic nitrogens is 1. The smallest absolute Gasteiger partial charge is 0.341 e. The largest absolute Gasteiger partial charge is 0.478 e. The summed E-state index contributed by atoms with van der Waals surface area (Å²) in [5.74, 6) is -22.2. The zero-order valence-electron chi connectivity index (χ0n) is 10.3. The van der Waals surface area contributed by atoms with Gasteiger partial charge in [-0.05, 0) is 0 Å². The number of carbonyl (C=O) groups is 1. The van der Waals surface area contributed by atoms with Crippen molar-refractivity contribution in [2.75, 3.05) is 0 Å². The highest BCUT2D eigenvalue weighted by molar-refractivity contribution is 5.95. The number of pyridine rings is 1. The Morgan fingerprint density at radius 1 is 0.696 bits per heavy atom. The lowest BCUT2D eigenvalue weighted by Gasteiger charge is -2.11. The van der Waals surface area contributed by atoms with Gasteiger partial charge < -0.3 is 5.11 Å². The van der Waals surface area contributed by atoms with Crippen molar-refractivity contribution in [1.29, 1.82) is 0 Å². The second kappa shape index (κ2) is 5.48. The van der Waals surface area contributed by atoms with E-state index in [0.717, 1.165) is 0 Å². The van der Waals surface area contributed by atoms with Crippen LogP contribution >= 0.6 is 0 Å². The van der Waals surface area contributed by atoms with Gasteiger partial charge in [0.1, 0.15) is 5.56 Å². The van der Waals surface area contributed by atoms with Crippen molar-refractivity contribution in [3.63, 3.8) is 0 Å². The van der Waals surface area contributed by atoms with Crippen molar-refractivity contribution in [2.45, 2.75) is 0 Å². The van der Waals surface area contributed by atoms with E-state index in [1.165, 1.54) is 0 Å². The molecule has 0 saturated carbocycles. The van der Waals surface area contributed by atoms with Crippen LogP contribution in [0.15, 0.2) is 0 Å². The molecule has 0 bridgehead atoms. The summed E-state index contributed by atoms with van der Waals surface area (Å²) < 4.78 is 106. The molecular formula is C12HF8NO2. The maximum Gasteiger partial charge on any atom is 0.341 e. The molecule has 0 radical (unpaired) electrons. The van der Waals surface area contributed by atoms with Gasteiger partial charge in [-0.25, -0.2) is 36.1 Å². The van der Waals surface area contributed by atoms with E-state index in [4.69, 9.17) is 5.11 Å². The average molecular weight is 343 g/mol. The third kappa shape index (κ3) is 2.37. The topological polar surface area (TPSA) is 50.2 Å². The van der Waals surface area contributed by atoms with E-state index in [-0.39, 0.29) is 0 Å². The Kier molecular flexibility index (Phi) is 3.97. The molecule has 0 aliphatic carbocycles. The normalized spacial score (nSPS) is 11.0. The van der Waals surface area contributed by atoms with E-state index in [0.29, 0.717) is 0 Å². The van der Waals surface area contributed by atoms with Crippen molar-refractivity contribution in [3.05, 3.63) is 52.2 Å². The number of carboxylic acids is 1.